The number of H-pyrrole nitrogens is 1. The fourth-order valence-corrected chi connectivity index (χ4v) is 5.37. The van der Waals surface area contributed by atoms with Gasteiger partial charge in [-0.3, -0.25) is 4.79 Å². The van der Waals surface area contributed by atoms with Crippen molar-refractivity contribution in [2.45, 2.75) is 50.1 Å². The third-order valence-corrected chi connectivity index (χ3v) is 6.75. The van der Waals surface area contributed by atoms with Crippen LogP contribution in [0.3, 0.4) is 0 Å². The molecule has 4 nitrogen and oxygen atoms in total. The Kier molecular flexibility index (Phi) is 5.11. The van der Waals surface area contributed by atoms with Gasteiger partial charge in [0.15, 0.2) is 0 Å². The SMILES string of the molecule is O=C(CC1CC2CCC(C1)N2)NCC(c1ccccc1)c1c[nH]c2ccccc12. The number of nitrogens with one attached hydrogen (secondary N) is 3. The summed E-state index contributed by atoms with van der Waals surface area (Å²) in [6.07, 6.45) is 7.60. The smallest absolute Gasteiger partial charge is 0.220 e. The first-order chi connectivity index (χ1) is 14.3. The van der Waals surface area contributed by atoms with Crippen LogP contribution in [-0.2, 0) is 4.79 Å². The summed E-state index contributed by atoms with van der Waals surface area (Å²) in [5.41, 5.74) is 3.62. The number of benzene rings is 2. The molecule has 29 heavy (non-hydrogen) atoms. The number of piperidine rings is 1. The van der Waals surface area contributed by atoms with Crippen molar-refractivity contribution in [2.75, 3.05) is 6.54 Å². The summed E-state index contributed by atoms with van der Waals surface area (Å²) >= 11 is 0. The van der Waals surface area contributed by atoms with Crippen molar-refractivity contribution in [3.05, 3.63) is 71.9 Å². The van der Waals surface area contributed by atoms with Gasteiger partial charge in [0.25, 0.3) is 0 Å². The predicted octanol–water partition coefficient (Wildman–Crippen LogP) is 4.34. The van der Waals surface area contributed by atoms with Crippen LogP contribution in [0, 0.1) is 5.92 Å². The average molecular weight is 388 g/mol. The lowest BCUT2D eigenvalue weighted by atomic mass is 9.88. The Hall–Kier alpha value is -2.59. The molecule has 0 spiro atoms. The lowest BCUT2D eigenvalue weighted by Crippen LogP contribution is -2.40. The second kappa shape index (κ2) is 8.03. The number of amides is 1. The summed E-state index contributed by atoms with van der Waals surface area (Å²) in [7, 11) is 0. The van der Waals surface area contributed by atoms with Gasteiger partial charge in [-0.15, -0.1) is 0 Å². The maximum atomic E-state index is 12.8. The predicted molar refractivity (Wildman–Crippen MR) is 117 cm³/mol. The third kappa shape index (κ3) is 3.95. The highest BCUT2D eigenvalue weighted by molar-refractivity contribution is 5.84. The number of hydrogen-bond acceptors (Lipinski definition) is 2. The van der Waals surface area contributed by atoms with Crippen molar-refractivity contribution in [2.24, 2.45) is 5.92 Å². The topological polar surface area (TPSA) is 56.9 Å². The van der Waals surface area contributed by atoms with E-state index in [2.05, 4.69) is 64.3 Å². The number of carbonyl (C=O) groups is 1. The summed E-state index contributed by atoms with van der Waals surface area (Å²) < 4.78 is 0. The maximum Gasteiger partial charge on any atom is 0.220 e. The summed E-state index contributed by atoms with van der Waals surface area (Å²) in [5.74, 6) is 0.856. The Morgan fingerprint density at radius 3 is 2.52 bits per heavy atom. The Balaban J connectivity index is 1.31. The first kappa shape index (κ1) is 18.4. The molecule has 1 aromatic heterocycles. The lowest BCUT2D eigenvalue weighted by Gasteiger charge is -2.28. The monoisotopic (exact) mass is 387 g/mol. The van der Waals surface area contributed by atoms with Gasteiger partial charge in [0.1, 0.15) is 0 Å². The van der Waals surface area contributed by atoms with Crippen LogP contribution in [0.1, 0.15) is 49.1 Å². The molecule has 3 heterocycles. The zero-order valence-corrected chi connectivity index (χ0v) is 16.7. The quantitative estimate of drug-likeness (QED) is 0.589. The van der Waals surface area contributed by atoms with Gasteiger partial charge in [-0.25, -0.2) is 0 Å². The molecule has 2 aliphatic heterocycles. The zero-order chi connectivity index (χ0) is 19.6. The number of hydrogen-bond donors (Lipinski definition) is 3. The number of aromatic nitrogens is 1. The highest BCUT2D eigenvalue weighted by atomic mass is 16.1. The Labute approximate surface area is 172 Å². The van der Waals surface area contributed by atoms with Crippen LogP contribution in [-0.4, -0.2) is 29.5 Å². The number of fused-ring (bicyclic) bond motifs is 3. The van der Waals surface area contributed by atoms with Gasteiger partial charge < -0.3 is 15.6 Å². The molecular weight excluding hydrogens is 358 g/mol. The molecule has 4 heteroatoms. The summed E-state index contributed by atoms with van der Waals surface area (Å²) in [5, 5.41) is 8.15. The minimum Gasteiger partial charge on any atom is -0.361 e. The van der Waals surface area contributed by atoms with Crippen LogP contribution >= 0.6 is 0 Å². The first-order valence-electron chi connectivity index (χ1n) is 10.9. The van der Waals surface area contributed by atoms with Crippen molar-refractivity contribution >= 4 is 16.8 Å². The van der Waals surface area contributed by atoms with E-state index in [4.69, 9.17) is 0 Å². The molecule has 3 unspecified atom stereocenters. The van der Waals surface area contributed by atoms with Crippen molar-refractivity contribution in [1.82, 2.24) is 15.6 Å². The van der Waals surface area contributed by atoms with Gasteiger partial charge >= 0.3 is 0 Å². The minimum atomic E-state index is 0.139. The minimum absolute atomic E-state index is 0.139. The van der Waals surface area contributed by atoms with E-state index in [1.807, 2.05) is 12.1 Å². The summed E-state index contributed by atoms with van der Waals surface area (Å²) in [6.45, 7) is 0.628. The highest BCUT2D eigenvalue weighted by Gasteiger charge is 2.34. The molecule has 3 aromatic rings. The fraction of sp³-hybridized carbons (Fsp3) is 0.400. The molecule has 2 bridgehead atoms. The van der Waals surface area contributed by atoms with Crippen molar-refractivity contribution in [3.63, 3.8) is 0 Å². The molecule has 2 saturated heterocycles. The number of carbonyl (C=O) groups excluding carboxylic acids is 1. The maximum absolute atomic E-state index is 12.8. The summed E-state index contributed by atoms with van der Waals surface area (Å²) in [4.78, 5) is 16.2. The normalized spacial score (nSPS) is 24.5. The molecule has 5 rings (SSSR count). The van der Waals surface area contributed by atoms with Crippen LogP contribution in [0.2, 0.25) is 0 Å². The third-order valence-electron chi connectivity index (χ3n) is 6.75. The van der Waals surface area contributed by atoms with Crippen LogP contribution in [0.4, 0.5) is 0 Å². The molecule has 2 aromatic carbocycles. The highest BCUT2D eigenvalue weighted by Crippen LogP contribution is 2.33. The molecule has 0 saturated carbocycles. The van der Waals surface area contributed by atoms with Gasteiger partial charge in [-0.1, -0.05) is 48.5 Å². The van der Waals surface area contributed by atoms with E-state index >= 15 is 0 Å². The standard InChI is InChI=1S/C25H29N3O/c29-25(14-17-12-19-10-11-20(13-17)28-19)27-15-22(18-6-2-1-3-7-18)23-16-26-24-9-5-4-8-21(23)24/h1-9,16-17,19-20,22,26,28H,10-15H2,(H,27,29). The van der Waals surface area contributed by atoms with E-state index in [0.29, 0.717) is 31.0 Å². The Morgan fingerprint density at radius 1 is 1.00 bits per heavy atom. The van der Waals surface area contributed by atoms with Gasteiger partial charge in [0.05, 0.1) is 0 Å². The molecule has 1 amide bonds. The van der Waals surface area contributed by atoms with Gasteiger partial charge in [0, 0.05) is 48.1 Å². The van der Waals surface area contributed by atoms with Gasteiger partial charge in [-0.05, 0) is 48.8 Å². The molecule has 2 fully saturated rings. The second-order valence-corrected chi connectivity index (χ2v) is 8.74. The molecule has 3 N–H and O–H groups in total. The Bertz CT molecular complexity index is 968. The average Bonchev–Trinajstić information content (AvgIpc) is 3.32. The zero-order valence-electron chi connectivity index (χ0n) is 16.7. The molecular formula is C25H29N3O. The second-order valence-electron chi connectivity index (χ2n) is 8.74. The van der Waals surface area contributed by atoms with Crippen molar-refractivity contribution in [1.29, 1.82) is 0 Å². The lowest BCUT2D eigenvalue weighted by molar-refractivity contribution is -0.122. The molecule has 2 aliphatic rings. The molecule has 3 atom stereocenters. The molecule has 0 aliphatic carbocycles. The Morgan fingerprint density at radius 2 is 1.72 bits per heavy atom. The van der Waals surface area contributed by atoms with E-state index in [0.717, 1.165) is 18.4 Å². The van der Waals surface area contributed by atoms with Crippen LogP contribution in [0.5, 0.6) is 0 Å². The van der Waals surface area contributed by atoms with Crippen LogP contribution in [0.15, 0.2) is 60.8 Å². The van der Waals surface area contributed by atoms with Crippen molar-refractivity contribution < 1.29 is 4.79 Å². The number of para-hydroxylation sites is 1. The number of aromatic amines is 1. The van der Waals surface area contributed by atoms with Crippen LogP contribution in [0.25, 0.3) is 10.9 Å². The molecule has 0 radical (unpaired) electrons. The van der Waals surface area contributed by atoms with E-state index in [-0.39, 0.29) is 11.8 Å². The van der Waals surface area contributed by atoms with Gasteiger partial charge in [-0.2, -0.15) is 0 Å². The summed E-state index contributed by atoms with van der Waals surface area (Å²) in [6, 6.07) is 20.2. The van der Waals surface area contributed by atoms with E-state index in [1.54, 1.807) is 0 Å². The first-order valence-corrected chi connectivity index (χ1v) is 10.9. The molecule has 150 valence electrons. The van der Waals surface area contributed by atoms with Crippen LogP contribution < -0.4 is 10.6 Å². The fourth-order valence-electron chi connectivity index (χ4n) is 5.37. The number of rotatable bonds is 6. The van der Waals surface area contributed by atoms with Gasteiger partial charge in [0.2, 0.25) is 5.91 Å². The van der Waals surface area contributed by atoms with Crippen molar-refractivity contribution in [3.8, 4) is 0 Å². The largest absolute Gasteiger partial charge is 0.361 e. The van der Waals surface area contributed by atoms with E-state index in [1.165, 1.54) is 29.4 Å². The van der Waals surface area contributed by atoms with E-state index in [9.17, 15) is 4.79 Å². The van der Waals surface area contributed by atoms with E-state index < -0.39 is 0 Å².